The molecule has 17 heavy (non-hydrogen) atoms. The third kappa shape index (κ3) is 2.59. The van der Waals surface area contributed by atoms with E-state index in [0.717, 1.165) is 4.90 Å². The Balaban J connectivity index is 2.33. The van der Waals surface area contributed by atoms with Crippen molar-refractivity contribution in [1.82, 2.24) is 9.97 Å². The standard InChI is InChI=1S/C11H10N2O3S/c1-16-9-10(15)12-6-13-11(9)17-8-4-2-7(14)3-5-8/h2-6,14H,1H3,(H,12,13,15). The highest BCUT2D eigenvalue weighted by Gasteiger charge is 2.10. The second-order valence-corrected chi connectivity index (χ2v) is 4.23. The third-order valence-electron chi connectivity index (χ3n) is 2.03. The van der Waals surface area contributed by atoms with E-state index in [1.807, 2.05) is 0 Å². The fourth-order valence-electron chi connectivity index (χ4n) is 1.25. The van der Waals surface area contributed by atoms with Crippen LogP contribution in [0.5, 0.6) is 11.5 Å². The Kier molecular flexibility index (Phi) is 3.34. The van der Waals surface area contributed by atoms with Crippen LogP contribution in [0.15, 0.2) is 45.3 Å². The van der Waals surface area contributed by atoms with Crippen LogP contribution in [-0.4, -0.2) is 22.2 Å². The van der Waals surface area contributed by atoms with Crippen LogP contribution in [0, 0.1) is 0 Å². The van der Waals surface area contributed by atoms with Gasteiger partial charge in [0.2, 0.25) is 5.75 Å². The normalized spacial score (nSPS) is 10.2. The van der Waals surface area contributed by atoms with Gasteiger partial charge in [0.25, 0.3) is 5.56 Å². The van der Waals surface area contributed by atoms with Crippen LogP contribution in [0.1, 0.15) is 0 Å². The van der Waals surface area contributed by atoms with Crippen LogP contribution in [0.25, 0.3) is 0 Å². The van der Waals surface area contributed by atoms with Gasteiger partial charge < -0.3 is 14.8 Å². The number of hydrogen-bond donors (Lipinski definition) is 2. The molecule has 5 nitrogen and oxygen atoms in total. The van der Waals surface area contributed by atoms with Crippen molar-refractivity contribution >= 4 is 11.8 Å². The van der Waals surface area contributed by atoms with Crippen LogP contribution in [0.3, 0.4) is 0 Å². The fourth-order valence-corrected chi connectivity index (χ4v) is 2.12. The molecule has 2 aromatic rings. The summed E-state index contributed by atoms with van der Waals surface area (Å²) in [6.07, 6.45) is 1.33. The van der Waals surface area contributed by atoms with E-state index in [2.05, 4.69) is 9.97 Å². The monoisotopic (exact) mass is 250 g/mol. The Morgan fingerprint density at radius 2 is 2.06 bits per heavy atom. The number of rotatable bonds is 3. The molecule has 0 aliphatic rings. The second kappa shape index (κ2) is 4.92. The first-order valence-corrected chi connectivity index (χ1v) is 5.61. The molecule has 0 unspecified atom stereocenters. The van der Waals surface area contributed by atoms with Crippen molar-refractivity contribution in [2.75, 3.05) is 7.11 Å². The Morgan fingerprint density at radius 1 is 1.35 bits per heavy atom. The second-order valence-electron chi connectivity index (χ2n) is 3.17. The number of phenolic OH excluding ortho intramolecular Hbond substituents is 1. The Bertz CT molecular complexity index is 566. The van der Waals surface area contributed by atoms with Crippen molar-refractivity contribution in [3.8, 4) is 11.5 Å². The van der Waals surface area contributed by atoms with Gasteiger partial charge in [0.15, 0.2) is 5.03 Å². The predicted octanol–water partition coefficient (Wildman–Crippen LogP) is 1.64. The van der Waals surface area contributed by atoms with Crippen LogP contribution < -0.4 is 10.3 Å². The number of aromatic hydroxyl groups is 1. The molecule has 0 fully saturated rings. The van der Waals surface area contributed by atoms with Gasteiger partial charge in [0.05, 0.1) is 13.4 Å². The van der Waals surface area contributed by atoms with Crippen molar-refractivity contribution in [3.05, 3.63) is 40.9 Å². The summed E-state index contributed by atoms with van der Waals surface area (Å²) >= 11 is 1.29. The molecule has 1 heterocycles. The summed E-state index contributed by atoms with van der Waals surface area (Å²) in [5.41, 5.74) is -0.316. The number of phenols is 1. The molecule has 0 radical (unpaired) electrons. The highest BCUT2D eigenvalue weighted by molar-refractivity contribution is 7.99. The van der Waals surface area contributed by atoms with Gasteiger partial charge in [-0.05, 0) is 24.3 Å². The first-order chi connectivity index (χ1) is 8.20. The fraction of sp³-hybridized carbons (Fsp3) is 0.0909. The van der Waals surface area contributed by atoms with Gasteiger partial charge in [0, 0.05) is 4.90 Å². The topological polar surface area (TPSA) is 75.2 Å². The number of nitrogens with zero attached hydrogens (tertiary/aromatic N) is 1. The predicted molar refractivity (Wildman–Crippen MR) is 63.6 cm³/mol. The van der Waals surface area contributed by atoms with Crippen LogP contribution in [0.2, 0.25) is 0 Å². The summed E-state index contributed by atoms with van der Waals surface area (Å²) in [7, 11) is 1.42. The minimum atomic E-state index is -0.316. The zero-order chi connectivity index (χ0) is 12.3. The summed E-state index contributed by atoms with van der Waals surface area (Å²) in [6, 6.07) is 6.62. The molecule has 1 aromatic heterocycles. The molecule has 0 amide bonds. The van der Waals surface area contributed by atoms with Crippen LogP contribution >= 0.6 is 11.8 Å². The first-order valence-electron chi connectivity index (χ1n) is 4.79. The van der Waals surface area contributed by atoms with Gasteiger partial charge in [-0.15, -0.1) is 0 Å². The summed E-state index contributed by atoms with van der Waals surface area (Å²) < 4.78 is 5.00. The van der Waals surface area contributed by atoms with E-state index in [4.69, 9.17) is 9.84 Å². The number of aromatic amines is 1. The van der Waals surface area contributed by atoms with E-state index in [0.29, 0.717) is 5.03 Å². The summed E-state index contributed by atoms with van der Waals surface area (Å²) in [6.45, 7) is 0. The lowest BCUT2D eigenvalue weighted by Crippen LogP contribution is -2.10. The van der Waals surface area contributed by atoms with Gasteiger partial charge in [-0.3, -0.25) is 4.79 Å². The van der Waals surface area contributed by atoms with Crippen molar-refractivity contribution in [2.24, 2.45) is 0 Å². The first kappa shape index (κ1) is 11.5. The maximum Gasteiger partial charge on any atom is 0.294 e. The van der Waals surface area contributed by atoms with Crippen molar-refractivity contribution in [3.63, 3.8) is 0 Å². The Hall–Kier alpha value is -1.95. The number of methoxy groups -OCH3 is 1. The Labute approximate surface area is 101 Å². The van der Waals surface area contributed by atoms with Gasteiger partial charge in [0.1, 0.15) is 5.75 Å². The third-order valence-corrected chi connectivity index (χ3v) is 3.03. The van der Waals surface area contributed by atoms with E-state index < -0.39 is 0 Å². The molecule has 0 atom stereocenters. The number of nitrogens with one attached hydrogen (secondary N) is 1. The molecule has 0 bridgehead atoms. The zero-order valence-corrected chi connectivity index (χ0v) is 9.82. The van der Waals surface area contributed by atoms with Crippen molar-refractivity contribution in [1.29, 1.82) is 0 Å². The average Bonchev–Trinajstić information content (AvgIpc) is 2.32. The quantitative estimate of drug-likeness (QED) is 0.810. The minimum Gasteiger partial charge on any atom is -0.508 e. The van der Waals surface area contributed by atoms with Crippen LogP contribution in [0.4, 0.5) is 0 Å². The molecule has 0 saturated carbocycles. The van der Waals surface area contributed by atoms with E-state index in [-0.39, 0.29) is 17.1 Å². The lowest BCUT2D eigenvalue weighted by atomic mass is 10.3. The van der Waals surface area contributed by atoms with Gasteiger partial charge in [-0.2, -0.15) is 0 Å². The smallest absolute Gasteiger partial charge is 0.294 e. The zero-order valence-electron chi connectivity index (χ0n) is 9.01. The van der Waals surface area contributed by atoms with E-state index >= 15 is 0 Å². The summed E-state index contributed by atoms with van der Waals surface area (Å²) in [4.78, 5) is 18.8. The van der Waals surface area contributed by atoms with Crippen molar-refractivity contribution < 1.29 is 9.84 Å². The van der Waals surface area contributed by atoms with E-state index in [1.165, 1.54) is 25.2 Å². The van der Waals surface area contributed by atoms with Gasteiger partial charge in [-0.25, -0.2) is 4.98 Å². The van der Waals surface area contributed by atoms with Crippen molar-refractivity contribution in [2.45, 2.75) is 9.92 Å². The molecule has 88 valence electrons. The van der Waals surface area contributed by atoms with Gasteiger partial charge in [-0.1, -0.05) is 11.8 Å². The minimum absolute atomic E-state index is 0.186. The number of ether oxygens (including phenoxy) is 1. The molecular weight excluding hydrogens is 240 g/mol. The SMILES string of the molecule is COc1c(Sc2ccc(O)cc2)nc[nH]c1=O. The molecule has 0 saturated heterocycles. The molecule has 0 spiro atoms. The lowest BCUT2D eigenvalue weighted by molar-refractivity contribution is 0.393. The number of H-pyrrole nitrogens is 1. The Morgan fingerprint density at radius 3 is 2.71 bits per heavy atom. The highest BCUT2D eigenvalue weighted by Crippen LogP contribution is 2.31. The number of benzene rings is 1. The van der Waals surface area contributed by atoms with E-state index in [9.17, 15) is 4.79 Å². The largest absolute Gasteiger partial charge is 0.508 e. The molecule has 2 rings (SSSR count). The number of aromatic nitrogens is 2. The number of hydrogen-bond acceptors (Lipinski definition) is 5. The molecule has 6 heteroatoms. The molecule has 0 aliphatic heterocycles. The van der Waals surface area contributed by atoms with Crippen LogP contribution in [-0.2, 0) is 0 Å². The summed E-state index contributed by atoms with van der Waals surface area (Å²) in [5.74, 6) is 0.380. The molecule has 2 N–H and O–H groups in total. The van der Waals surface area contributed by atoms with E-state index in [1.54, 1.807) is 24.3 Å². The summed E-state index contributed by atoms with van der Waals surface area (Å²) in [5, 5.41) is 9.65. The van der Waals surface area contributed by atoms with Gasteiger partial charge >= 0.3 is 0 Å². The maximum absolute atomic E-state index is 11.4. The molecule has 0 aliphatic carbocycles. The molecule has 1 aromatic carbocycles. The maximum atomic E-state index is 11.4. The lowest BCUT2D eigenvalue weighted by Gasteiger charge is -2.05. The highest BCUT2D eigenvalue weighted by atomic mass is 32.2. The molecular formula is C11H10N2O3S. The average molecular weight is 250 g/mol.